The SMILES string of the molecule is COc1ccc(-c2cc(=O)c3c(O)c(OC)c(OCCN4CCN(C(C)=O)CC4)cc3o2)cc1OC.COc1ccc(-c2cc(=O)c3c(O)c(OC)c(OCCN4CCN(C)C(=O)C4)cc3o2)cc1OC.COc1ccc(-c2cc(=O)c3c(O)c(OC)c(OCCN4CCS(=O)(=O)CC4)cc3o2)cc1OC. The molecule has 12 rings (SSSR count). The second kappa shape index (κ2) is 34.5. The van der Waals surface area contributed by atoms with Crippen LogP contribution in [0, 0.1) is 0 Å². The molecule has 9 aromatic rings. The Morgan fingerprint density at radius 1 is 0.406 bits per heavy atom. The van der Waals surface area contributed by atoms with E-state index in [-0.39, 0.29) is 133 Å². The normalized spacial score (nSPS) is 14.7. The van der Waals surface area contributed by atoms with Gasteiger partial charge in [-0.1, -0.05) is 0 Å². The van der Waals surface area contributed by atoms with Gasteiger partial charge in [0.25, 0.3) is 0 Å². The lowest BCUT2D eigenvalue weighted by Gasteiger charge is -2.34. The van der Waals surface area contributed by atoms with Crippen molar-refractivity contribution in [2.24, 2.45) is 0 Å². The van der Waals surface area contributed by atoms with Crippen LogP contribution in [-0.2, 0) is 19.4 Å². The highest BCUT2D eigenvalue weighted by molar-refractivity contribution is 7.91. The minimum absolute atomic E-state index is 0.00350. The molecule has 0 unspecified atom stereocenters. The van der Waals surface area contributed by atoms with E-state index < -0.39 is 26.1 Å². The molecule has 3 aliphatic rings. The topological polar surface area (TPSA) is 347 Å². The second-order valence-electron chi connectivity index (χ2n) is 24.5. The number of hydrogen-bond acceptors (Lipinski definition) is 28. The number of carbonyl (C=O) groups is 2. The Balaban J connectivity index is 0.000000170. The number of nitrogens with zero attached hydrogens (tertiary/aromatic N) is 5. The van der Waals surface area contributed by atoms with Crippen LogP contribution in [0.15, 0.2) is 119 Å². The number of aromatic hydroxyl groups is 3. The summed E-state index contributed by atoms with van der Waals surface area (Å²) in [6.45, 7) is 9.48. The Labute approximate surface area is 609 Å². The zero-order chi connectivity index (χ0) is 76.1. The fourth-order valence-corrected chi connectivity index (χ4v) is 13.5. The van der Waals surface area contributed by atoms with Gasteiger partial charge in [-0.2, -0.15) is 0 Å². The van der Waals surface area contributed by atoms with E-state index in [2.05, 4.69) is 4.90 Å². The summed E-state index contributed by atoms with van der Waals surface area (Å²) in [6, 6.07) is 23.9. The number of carbonyl (C=O) groups excluding carboxylic acids is 2. The molecular formula is C75H85N5O25S. The molecular weight excluding hydrogens is 1400 g/mol. The van der Waals surface area contributed by atoms with Gasteiger partial charge in [0.05, 0.1) is 82.0 Å². The molecule has 2 amide bonds. The van der Waals surface area contributed by atoms with Crippen molar-refractivity contribution in [3.8, 4) is 120 Å². The smallest absolute Gasteiger partial charge is 0.236 e. The molecule has 3 saturated heterocycles. The fourth-order valence-electron chi connectivity index (χ4n) is 12.2. The van der Waals surface area contributed by atoms with Crippen molar-refractivity contribution in [2.45, 2.75) is 6.92 Å². The predicted octanol–water partition coefficient (Wildman–Crippen LogP) is 7.38. The Kier molecular flexibility index (Phi) is 25.2. The maximum Gasteiger partial charge on any atom is 0.236 e. The van der Waals surface area contributed by atoms with Gasteiger partial charge in [0.1, 0.15) is 70.0 Å². The number of amides is 2. The summed E-state index contributed by atoms with van der Waals surface area (Å²) in [5.41, 5.74) is 0.905. The summed E-state index contributed by atoms with van der Waals surface area (Å²) in [5.74, 6) is 4.04. The number of fused-ring (bicyclic) bond motifs is 3. The van der Waals surface area contributed by atoms with Gasteiger partial charge in [-0.15, -0.1) is 0 Å². The molecule has 0 bridgehead atoms. The highest BCUT2D eigenvalue weighted by Gasteiger charge is 2.28. The molecule has 3 fully saturated rings. The quantitative estimate of drug-likeness (QED) is 0.0531. The Morgan fingerprint density at radius 2 is 0.726 bits per heavy atom. The molecule has 0 spiro atoms. The van der Waals surface area contributed by atoms with Crippen LogP contribution in [0.25, 0.3) is 66.9 Å². The van der Waals surface area contributed by atoms with Crippen LogP contribution in [0.4, 0.5) is 0 Å². The van der Waals surface area contributed by atoms with Gasteiger partial charge >= 0.3 is 0 Å². The number of rotatable bonds is 24. The van der Waals surface area contributed by atoms with Crippen molar-refractivity contribution < 1.29 is 103 Å². The number of phenolic OH excluding ortho intramolecular Hbond substituents is 3. The molecule has 106 heavy (non-hydrogen) atoms. The van der Waals surface area contributed by atoms with Crippen LogP contribution in [0.5, 0.6) is 86.2 Å². The van der Waals surface area contributed by atoms with Crippen molar-refractivity contribution in [1.29, 1.82) is 0 Å². The molecule has 0 atom stereocenters. The van der Waals surface area contributed by atoms with Crippen molar-refractivity contribution in [1.82, 2.24) is 24.5 Å². The summed E-state index contributed by atoms with van der Waals surface area (Å²) in [4.78, 5) is 71.9. The fraction of sp³-hybridized carbons (Fsp3) is 0.373. The molecule has 566 valence electrons. The number of benzene rings is 6. The average molecular weight is 1490 g/mol. The monoisotopic (exact) mass is 1490 g/mol. The van der Waals surface area contributed by atoms with Gasteiger partial charge < -0.3 is 95.2 Å². The van der Waals surface area contributed by atoms with Crippen LogP contribution < -0.4 is 73.1 Å². The molecule has 3 aliphatic heterocycles. The Hall–Kier alpha value is -11.3. The first-order valence-corrected chi connectivity index (χ1v) is 35.4. The van der Waals surface area contributed by atoms with Gasteiger partial charge in [-0.25, -0.2) is 8.42 Å². The second-order valence-corrected chi connectivity index (χ2v) is 26.8. The third kappa shape index (κ3) is 17.6. The van der Waals surface area contributed by atoms with Crippen LogP contribution in [0.1, 0.15) is 6.92 Å². The van der Waals surface area contributed by atoms with E-state index in [1.54, 1.807) is 79.5 Å². The summed E-state index contributed by atoms with van der Waals surface area (Å²) in [7, 11) is 12.1. The van der Waals surface area contributed by atoms with Gasteiger partial charge in [0.15, 0.2) is 95.1 Å². The number of likely N-dealkylation sites (N-methyl/N-ethyl adjacent to an activating group) is 1. The predicted molar refractivity (Wildman–Crippen MR) is 392 cm³/mol. The van der Waals surface area contributed by atoms with Crippen LogP contribution >= 0.6 is 0 Å². The van der Waals surface area contributed by atoms with Gasteiger partial charge in [0, 0.05) is 139 Å². The van der Waals surface area contributed by atoms with Gasteiger partial charge in [0.2, 0.25) is 29.1 Å². The zero-order valence-electron chi connectivity index (χ0n) is 60.6. The largest absolute Gasteiger partial charge is 0.504 e. The van der Waals surface area contributed by atoms with E-state index in [4.69, 9.17) is 70.1 Å². The molecule has 31 heteroatoms. The van der Waals surface area contributed by atoms with E-state index in [1.807, 2.05) is 14.7 Å². The van der Waals surface area contributed by atoms with Crippen molar-refractivity contribution in [3.63, 3.8) is 0 Å². The molecule has 0 saturated carbocycles. The lowest BCUT2D eigenvalue weighted by molar-refractivity contribution is -0.134. The maximum atomic E-state index is 12.9. The minimum Gasteiger partial charge on any atom is -0.504 e. The number of hydrogen-bond donors (Lipinski definition) is 3. The number of sulfone groups is 1. The minimum atomic E-state index is -2.97. The van der Waals surface area contributed by atoms with E-state index in [0.717, 1.165) is 19.6 Å². The Bertz CT molecular complexity index is 4980. The molecule has 0 aliphatic carbocycles. The Morgan fingerprint density at radius 3 is 1.04 bits per heavy atom. The van der Waals surface area contributed by atoms with E-state index in [1.165, 1.54) is 94.3 Å². The number of methoxy groups -OCH3 is 9. The van der Waals surface area contributed by atoms with E-state index >= 15 is 0 Å². The van der Waals surface area contributed by atoms with Crippen molar-refractivity contribution >= 4 is 54.6 Å². The number of piperazine rings is 2. The van der Waals surface area contributed by atoms with Gasteiger partial charge in [-0.3, -0.25) is 38.7 Å². The van der Waals surface area contributed by atoms with Gasteiger partial charge in [-0.05, 0) is 54.6 Å². The summed E-state index contributed by atoms with van der Waals surface area (Å²) >= 11 is 0. The standard InChI is InChI=1S/C26H30N2O8.C25H28N2O8.C24H27NO9S/c1-16(29)28-9-7-27(8-10-28)11-12-35-23-15-22-24(25(31)26(23)34-4)18(30)14-20(36-22)17-5-6-19(32-2)21(13-17)33-3;1-26-7-8-27(14-22(26)29)9-10-34-21-13-20-23(24(30)25(21)33-4)16(28)12-18(35-20)15-5-6-17(31-2)19(11-15)32-3;1-30-17-5-4-15(12-19(17)31-2)18-13-16(26)22-20(34-18)14-21(24(32-3)23(22)27)33-9-6-25-7-10-35(28,29)11-8-25/h5-6,13-15,31H,7-12H2,1-4H3;5-6,11-13,30H,7-10,14H2,1-4H3;4-5,12-14,27H,6-11H2,1-3H3. The summed E-state index contributed by atoms with van der Waals surface area (Å²) in [6.07, 6.45) is 0. The zero-order valence-corrected chi connectivity index (χ0v) is 61.5. The first-order valence-electron chi connectivity index (χ1n) is 33.5. The molecule has 3 N–H and O–H groups in total. The lowest BCUT2D eigenvalue weighted by atomic mass is 10.1. The number of phenols is 3. The molecule has 6 heterocycles. The number of ether oxygens (including phenoxy) is 12. The third-order valence-corrected chi connectivity index (χ3v) is 19.8. The molecule has 30 nitrogen and oxygen atoms in total. The highest BCUT2D eigenvalue weighted by Crippen LogP contribution is 2.46. The van der Waals surface area contributed by atoms with Crippen LogP contribution in [0.3, 0.4) is 0 Å². The molecule has 3 aromatic heterocycles. The van der Waals surface area contributed by atoms with Crippen LogP contribution in [-0.4, -0.2) is 241 Å². The highest BCUT2D eigenvalue weighted by atomic mass is 32.2. The summed E-state index contributed by atoms with van der Waals surface area (Å²) < 4.78 is 107. The first-order chi connectivity index (χ1) is 51.0. The molecule has 0 radical (unpaired) electrons. The van der Waals surface area contributed by atoms with E-state index in [9.17, 15) is 47.7 Å². The first kappa shape index (κ1) is 77.3. The summed E-state index contributed by atoms with van der Waals surface area (Å²) in [5, 5.41) is 32.3. The maximum absolute atomic E-state index is 12.9. The van der Waals surface area contributed by atoms with Crippen LogP contribution in [0.2, 0.25) is 0 Å². The average Bonchev–Trinajstić information content (AvgIpc) is 0.775. The molecule has 6 aromatic carbocycles. The lowest BCUT2D eigenvalue weighted by Crippen LogP contribution is -2.49. The van der Waals surface area contributed by atoms with E-state index in [0.29, 0.717) is 122 Å². The third-order valence-electron chi connectivity index (χ3n) is 18.1. The van der Waals surface area contributed by atoms with Crippen molar-refractivity contribution in [2.75, 3.05) is 181 Å². The van der Waals surface area contributed by atoms with Crippen molar-refractivity contribution in [3.05, 3.63) is 122 Å².